The number of benzene rings is 1. The number of carbonyl (C=O) groups is 1. The third-order valence-electron chi connectivity index (χ3n) is 4.13. The highest BCUT2D eigenvalue weighted by atomic mass is 16.6. The van der Waals surface area contributed by atoms with Crippen molar-refractivity contribution in [3.63, 3.8) is 0 Å². The van der Waals surface area contributed by atoms with Gasteiger partial charge in [0.2, 0.25) is 0 Å². The zero-order valence-electron chi connectivity index (χ0n) is 10.9. The lowest BCUT2D eigenvalue weighted by Gasteiger charge is -2.35. The normalized spacial score (nSPS) is 26.6. The Morgan fingerprint density at radius 1 is 1.50 bits per heavy atom. The number of anilines is 1. The molecule has 1 aromatic rings. The first kappa shape index (κ1) is 12.7. The number of hydrogen-bond acceptors (Lipinski definition) is 4. The summed E-state index contributed by atoms with van der Waals surface area (Å²) in [6, 6.07) is 2.38. The lowest BCUT2D eigenvalue weighted by molar-refractivity contribution is -0.385. The average molecular weight is 274 g/mol. The van der Waals surface area contributed by atoms with Crippen molar-refractivity contribution in [1.82, 2.24) is 0 Å². The molecule has 1 aliphatic heterocycles. The number of carboxylic acid groups (broad SMARTS) is 1. The SMILES string of the molecule is Cc1cc([N+](=O)[O-])cc2c1N[C@@H](C(=O)O)[C@H]1CC=C[C@@H]21. The monoisotopic (exact) mass is 274 g/mol. The summed E-state index contributed by atoms with van der Waals surface area (Å²) < 4.78 is 0. The molecule has 104 valence electrons. The summed E-state index contributed by atoms with van der Waals surface area (Å²) in [5.74, 6) is -1.03. The fourth-order valence-corrected chi connectivity index (χ4v) is 3.22. The van der Waals surface area contributed by atoms with E-state index in [0.717, 1.165) is 11.3 Å². The maximum atomic E-state index is 11.4. The van der Waals surface area contributed by atoms with Gasteiger partial charge in [-0.05, 0) is 24.5 Å². The van der Waals surface area contributed by atoms with Crippen molar-refractivity contribution in [2.24, 2.45) is 5.92 Å². The molecule has 2 N–H and O–H groups in total. The second kappa shape index (κ2) is 4.33. The Balaban J connectivity index is 2.15. The quantitative estimate of drug-likeness (QED) is 0.491. The van der Waals surface area contributed by atoms with Crippen LogP contribution in [0.2, 0.25) is 0 Å². The minimum atomic E-state index is -0.882. The van der Waals surface area contributed by atoms with E-state index in [-0.39, 0.29) is 17.5 Å². The number of allylic oxidation sites excluding steroid dienone is 2. The molecule has 0 unspecified atom stereocenters. The molecule has 3 rings (SSSR count). The van der Waals surface area contributed by atoms with E-state index in [4.69, 9.17) is 0 Å². The van der Waals surface area contributed by atoms with Crippen LogP contribution in [0.4, 0.5) is 11.4 Å². The lowest BCUT2D eigenvalue weighted by Crippen LogP contribution is -2.42. The second-order valence-corrected chi connectivity index (χ2v) is 5.30. The maximum Gasteiger partial charge on any atom is 0.326 e. The van der Waals surface area contributed by atoms with E-state index < -0.39 is 16.9 Å². The van der Waals surface area contributed by atoms with E-state index in [2.05, 4.69) is 5.32 Å². The topological polar surface area (TPSA) is 92.5 Å². The molecule has 0 radical (unpaired) electrons. The molecule has 0 fully saturated rings. The van der Waals surface area contributed by atoms with E-state index in [1.54, 1.807) is 13.0 Å². The summed E-state index contributed by atoms with van der Waals surface area (Å²) in [5.41, 5.74) is 2.30. The van der Waals surface area contributed by atoms with Crippen molar-refractivity contribution in [2.75, 3.05) is 5.32 Å². The Morgan fingerprint density at radius 2 is 2.25 bits per heavy atom. The van der Waals surface area contributed by atoms with Gasteiger partial charge in [-0.15, -0.1) is 0 Å². The Bertz CT molecular complexity index is 638. The summed E-state index contributed by atoms with van der Waals surface area (Å²) >= 11 is 0. The van der Waals surface area contributed by atoms with E-state index in [1.165, 1.54) is 6.07 Å². The Labute approximate surface area is 115 Å². The number of nitro groups is 1. The summed E-state index contributed by atoms with van der Waals surface area (Å²) in [6.45, 7) is 1.76. The van der Waals surface area contributed by atoms with Crippen molar-refractivity contribution in [1.29, 1.82) is 0 Å². The van der Waals surface area contributed by atoms with Crippen LogP contribution < -0.4 is 5.32 Å². The van der Waals surface area contributed by atoms with Gasteiger partial charge in [0.1, 0.15) is 6.04 Å². The summed E-state index contributed by atoms with van der Waals surface area (Å²) in [5, 5.41) is 23.4. The molecule has 0 saturated carbocycles. The Kier molecular flexibility index (Phi) is 2.74. The second-order valence-electron chi connectivity index (χ2n) is 5.30. The van der Waals surface area contributed by atoms with Crippen molar-refractivity contribution in [3.05, 3.63) is 45.5 Å². The Morgan fingerprint density at radius 3 is 2.90 bits per heavy atom. The number of non-ortho nitro benzene ring substituents is 1. The molecule has 0 bridgehead atoms. The standard InChI is InChI=1S/C14H14N2O4/c1-7-5-8(16(19)20)6-11-9-3-2-4-10(9)13(14(17)18)15-12(7)11/h2-3,5-6,9-10,13,15H,4H2,1H3,(H,17,18)/t9-,10+,13-/m1/s1. The molecule has 0 aromatic heterocycles. The average Bonchev–Trinajstić information content (AvgIpc) is 2.86. The molecule has 3 atom stereocenters. The van der Waals surface area contributed by atoms with Crippen LogP contribution in [-0.4, -0.2) is 22.0 Å². The van der Waals surface area contributed by atoms with Crippen LogP contribution in [0, 0.1) is 23.0 Å². The van der Waals surface area contributed by atoms with Crippen molar-refractivity contribution in [2.45, 2.75) is 25.3 Å². The zero-order valence-corrected chi connectivity index (χ0v) is 10.9. The molecule has 1 aromatic carbocycles. The van der Waals surface area contributed by atoms with Gasteiger partial charge in [-0.25, -0.2) is 4.79 Å². The van der Waals surface area contributed by atoms with Crippen LogP contribution >= 0.6 is 0 Å². The zero-order chi connectivity index (χ0) is 14.4. The fraction of sp³-hybridized carbons (Fsp3) is 0.357. The number of aliphatic carboxylic acids is 1. The van der Waals surface area contributed by atoms with E-state index in [0.29, 0.717) is 12.0 Å². The number of hydrogen-bond donors (Lipinski definition) is 2. The van der Waals surface area contributed by atoms with Crippen molar-refractivity contribution < 1.29 is 14.8 Å². The van der Waals surface area contributed by atoms with Gasteiger partial charge in [-0.3, -0.25) is 10.1 Å². The number of carboxylic acids is 1. The third kappa shape index (κ3) is 1.76. The number of nitrogens with one attached hydrogen (secondary N) is 1. The number of aryl methyl sites for hydroxylation is 1. The van der Waals surface area contributed by atoms with Gasteiger partial charge in [-0.1, -0.05) is 12.2 Å². The van der Waals surface area contributed by atoms with Gasteiger partial charge in [0.05, 0.1) is 4.92 Å². The van der Waals surface area contributed by atoms with Gasteiger partial charge in [0.25, 0.3) is 5.69 Å². The predicted molar refractivity (Wildman–Crippen MR) is 72.9 cm³/mol. The van der Waals surface area contributed by atoms with Crippen LogP contribution in [0.25, 0.3) is 0 Å². The molecule has 0 spiro atoms. The number of nitro benzene ring substituents is 1. The number of nitrogens with zero attached hydrogens (tertiary/aromatic N) is 1. The first-order chi connectivity index (χ1) is 9.49. The molecule has 2 aliphatic rings. The number of fused-ring (bicyclic) bond motifs is 3. The molecular weight excluding hydrogens is 260 g/mol. The first-order valence-electron chi connectivity index (χ1n) is 6.44. The molecule has 6 heteroatoms. The molecular formula is C14H14N2O4. The largest absolute Gasteiger partial charge is 0.480 e. The fourth-order valence-electron chi connectivity index (χ4n) is 3.22. The van der Waals surface area contributed by atoms with Gasteiger partial charge in [-0.2, -0.15) is 0 Å². The smallest absolute Gasteiger partial charge is 0.326 e. The Hall–Kier alpha value is -2.37. The maximum absolute atomic E-state index is 11.4. The van der Waals surface area contributed by atoms with E-state index in [1.807, 2.05) is 12.2 Å². The van der Waals surface area contributed by atoms with Gasteiger partial charge >= 0.3 is 5.97 Å². The highest BCUT2D eigenvalue weighted by Crippen LogP contribution is 2.46. The molecule has 1 aliphatic carbocycles. The van der Waals surface area contributed by atoms with Crippen LogP contribution in [0.15, 0.2) is 24.3 Å². The lowest BCUT2D eigenvalue weighted by atomic mass is 9.78. The summed E-state index contributed by atoms with van der Waals surface area (Å²) in [4.78, 5) is 22.0. The molecule has 0 saturated heterocycles. The van der Waals surface area contributed by atoms with Crippen LogP contribution in [0.5, 0.6) is 0 Å². The minimum absolute atomic E-state index is 0.0517. The third-order valence-corrected chi connectivity index (χ3v) is 4.13. The van der Waals surface area contributed by atoms with Crippen molar-refractivity contribution in [3.8, 4) is 0 Å². The minimum Gasteiger partial charge on any atom is -0.480 e. The molecule has 1 heterocycles. The predicted octanol–water partition coefficient (Wildman–Crippen LogP) is 2.44. The number of rotatable bonds is 2. The highest BCUT2D eigenvalue weighted by Gasteiger charge is 2.41. The summed E-state index contributed by atoms with van der Waals surface area (Å²) in [6.07, 6.45) is 4.59. The van der Waals surface area contributed by atoms with Gasteiger partial charge < -0.3 is 10.4 Å². The van der Waals surface area contributed by atoms with Crippen LogP contribution in [0.1, 0.15) is 23.5 Å². The van der Waals surface area contributed by atoms with Gasteiger partial charge in [0, 0.05) is 29.7 Å². The summed E-state index contributed by atoms with van der Waals surface area (Å²) in [7, 11) is 0. The molecule has 6 nitrogen and oxygen atoms in total. The van der Waals surface area contributed by atoms with Crippen LogP contribution in [0.3, 0.4) is 0 Å². The van der Waals surface area contributed by atoms with E-state index >= 15 is 0 Å². The molecule has 20 heavy (non-hydrogen) atoms. The van der Waals surface area contributed by atoms with Crippen LogP contribution in [-0.2, 0) is 4.79 Å². The first-order valence-corrected chi connectivity index (χ1v) is 6.44. The van der Waals surface area contributed by atoms with Crippen molar-refractivity contribution >= 4 is 17.3 Å². The highest BCUT2D eigenvalue weighted by molar-refractivity contribution is 5.82. The van der Waals surface area contributed by atoms with Gasteiger partial charge in [0.15, 0.2) is 0 Å². The van der Waals surface area contributed by atoms with E-state index in [9.17, 15) is 20.0 Å². The molecule has 0 amide bonds.